The lowest BCUT2D eigenvalue weighted by atomic mass is 9.98. The van der Waals surface area contributed by atoms with Crippen LogP contribution in [-0.4, -0.2) is 20.7 Å². The fourth-order valence-electron chi connectivity index (χ4n) is 2.87. The number of nitrogens with zero attached hydrogens (tertiary/aromatic N) is 3. The van der Waals surface area contributed by atoms with E-state index in [1.54, 1.807) is 17.1 Å². The summed E-state index contributed by atoms with van der Waals surface area (Å²) in [7, 11) is 0. The summed E-state index contributed by atoms with van der Waals surface area (Å²) < 4.78 is 1.68. The highest BCUT2D eigenvalue weighted by Gasteiger charge is 2.18. The average Bonchev–Trinajstić information content (AvgIpc) is 2.98. The molecule has 0 radical (unpaired) electrons. The van der Waals surface area contributed by atoms with Crippen molar-refractivity contribution in [3.05, 3.63) is 71.2 Å². The summed E-state index contributed by atoms with van der Waals surface area (Å²) in [5, 5.41) is 7.39. The van der Waals surface area contributed by atoms with E-state index in [0.717, 1.165) is 22.5 Å². The van der Waals surface area contributed by atoms with Crippen LogP contribution in [0, 0.1) is 13.8 Å². The maximum absolute atomic E-state index is 12.8. The van der Waals surface area contributed by atoms with E-state index >= 15 is 0 Å². The summed E-state index contributed by atoms with van der Waals surface area (Å²) in [5.74, 6) is 0.862. The van der Waals surface area contributed by atoms with Crippen molar-refractivity contribution in [2.45, 2.75) is 33.6 Å². The van der Waals surface area contributed by atoms with Crippen LogP contribution in [0.3, 0.4) is 0 Å². The van der Waals surface area contributed by atoms with E-state index in [2.05, 4.69) is 35.3 Å². The molecule has 0 unspecified atom stereocenters. The first-order valence-corrected chi connectivity index (χ1v) is 8.36. The molecule has 0 aliphatic carbocycles. The van der Waals surface area contributed by atoms with Crippen molar-refractivity contribution in [2.24, 2.45) is 0 Å². The molecule has 0 atom stereocenters. The van der Waals surface area contributed by atoms with Gasteiger partial charge in [-0.2, -0.15) is 5.10 Å². The second-order valence-corrected chi connectivity index (χ2v) is 6.39. The molecule has 5 heteroatoms. The highest BCUT2D eigenvalue weighted by atomic mass is 16.1. The third kappa shape index (κ3) is 3.31. The van der Waals surface area contributed by atoms with Crippen molar-refractivity contribution in [1.82, 2.24) is 14.8 Å². The topological polar surface area (TPSA) is 59.8 Å². The minimum absolute atomic E-state index is 0.157. The number of aryl methyl sites for hydroxylation is 1. The highest BCUT2D eigenvalue weighted by molar-refractivity contribution is 6.05. The molecule has 25 heavy (non-hydrogen) atoms. The number of nitrogens with one attached hydrogen (secondary N) is 1. The first-order chi connectivity index (χ1) is 12.0. The number of pyridine rings is 1. The van der Waals surface area contributed by atoms with E-state index < -0.39 is 0 Å². The molecule has 0 aliphatic rings. The van der Waals surface area contributed by atoms with Crippen LogP contribution in [0.15, 0.2) is 48.8 Å². The summed E-state index contributed by atoms with van der Waals surface area (Å²) in [5.41, 5.74) is 4.37. The minimum Gasteiger partial charge on any atom is -0.321 e. The molecule has 128 valence electrons. The van der Waals surface area contributed by atoms with Gasteiger partial charge in [-0.3, -0.25) is 4.79 Å². The normalized spacial score (nSPS) is 10.9. The Morgan fingerprint density at radius 2 is 1.92 bits per heavy atom. The molecule has 0 spiro atoms. The van der Waals surface area contributed by atoms with Gasteiger partial charge in [-0.25, -0.2) is 9.67 Å². The van der Waals surface area contributed by atoms with E-state index in [1.165, 1.54) is 0 Å². The number of aromatic nitrogens is 3. The van der Waals surface area contributed by atoms with Gasteiger partial charge in [0.25, 0.3) is 5.91 Å². The van der Waals surface area contributed by atoms with Gasteiger partial charge < -0.3 is 5.32 Å². The number of carbonyl (C=O) groups is 1. The molecule has 1 amide bonds. The lowest BCUT2D eigenvalue weighted by molar-refractivity contribution is 0.102. The Bertz CT molecular complexity index is 897. The molecule has 3 rings (SSSR count). The lowest BCUT2D eigenvalue weighted by Gasteiger charge is -2.16. The predicted molar refractivity (Wildman–Crippen MR) is 99.3 cm³/mol. The lowest BCUT2D eigenvalue weighted by Crippen LogP contribution is -2.16. The maximum atomic E-state index is 12.8. The van der Waals surface area contributed by atoms with E-state index in [1.807, 2.05) is 44.2 Å². The molecule has 0 fully saturated rings. The standard InChI is InChI=1S/C20H22N4O/c1-13(2)16-9-7-8-14(3)19(16)23-20(25)17-12-22-24(15(17)4)18-10-5-6-11-21-18/h5-13H,1-4H3,(H,23,25). The summed E-state index contributed by atoms with van der Waals surface area (Å²) in [4.78, 5) is 17.1. The Morgan fingerprint density at radius 3 is 2.60 bits per heavy atom. The third-order valence-electron chi connectivity index (χ3n) is 4.29. The first-order valence-electron chi connectivity index (χ1n) is 8.36. The Morgan fingerprint density at radius 1 is 1.12 bits per heavy atom. The number of para-hydroxylation sites is 1. The zero-order chi connectivity index (χ0) is 18.0. The second kappa shape index (κ2) is 6.89. The van der Waals surface area contributed by atoms with Crippen molar-refractivity contribution in [2.75, 3.05) is 5.32 Å². The van der Waals surface area contributed by atoms with Crippen molar-refractivity contribution in [3.63, 3.8) is 0 Å². The maximum Gasteiger partial charge on any atom is 0.259 e. The first kappa shape index (κ1) is 16.9. The molecule has 5 nitrogen and oxygen atoms in total. The Labute approximate surface area is 147 Å². The molecule has 0 saturated carbocycles. The molecular formula is C20H22N4O. The van der Waals surface area contributed by atoms with Gasteiger partial charge in [0.2, 0.25) is 0 Å². The average molecular weight is 334 g/mol. The molecule has 1 aromatic carbocycles. The van der Waals surface area contributed by atoms with Crippen molar-refractivity contribution in [3.8, 4) is 5.82 Å². The number of amides is 1. The van der Waals surface area contributed by atoms with Gasteiger partial charge >= 0.3 is 0 Å². The fourth-order valence-corrected chi connectivity index (χ4v) is 2.87. The minimum atomic E-state index is -0.157. The molecule has 0 bridgehead atoms. The summed E-state index contributed by atoms with van der Waals surface area (Å²) in [6, 6.07) is 11.7. The summed E-state index contributed by atoms with van der Waals surface area (Å²) in [6.45, 7) is 8.12. The fraction of sp³-hybridized carbons (Fsp3) is 0.250. The molecule has 0 saturated heterocycles. The van der Waals surface area contributed by atoms with Gasteiger partial charge in [0.05, 0.1) is 17.5 Å². The van der Waals surface area contributed by atoms with Crippen LogP contribution in [0.4, 0.5) is 5.69 Å². The van der Waals surface area contributed by atoms with Crippen LogP contribution in [-0.2, 0) is 0 Å². The van der Waals surface area contributed by atoms with E-state index in [9.17, 15) is 4.79 Å². The smallest absolute Gasteiger partial charge is 0.259 e. The van der Waals surface area contributed by atoms with Gasteiger partial charge in [-0.15, -0.1) is 0 Å². The third-order valence-corrected chi connectivity index (χ3v) is 4.29. The van der Waals surface area contributed by atoms with Crippen molar-refractivity contribution in [1.29, 1.82) is 0 Å². The highest BCUT2D eigenvalue weighted by Crippen LogP contribution is 2.28. The van der Waals surface area contributed by atoms with E-state index in [0.29, 0.717) is 17.3 Å². The number of hydrogen-bond acceptors (Lipinski definition) is 3. The Kier molecular flexibility index (Phi) is 4.65. The van der Waals surface area contributed by atoms with Crippen LogP contribution < -0.4 is 5.32 Å². The van der Waals surface area contributed by atoms with Crippen molar-refractivity contribution < 1.29 is 4.79 Å². The van der Waals surface area contributed by atoms with Gasteiger partial charge in [0, 0.05) is 11.9 Å². The monoisotopic (exact) mass is 334 g/mol. The van der Waals surface area contributed by atoms with Crippen LogP contribution in [0.2, 0.25) is 0 Å². The van der Waals surface area contributed by atoms with Crippen LogP contribution in [0.5, 0.6) is 0 Å². The molecule has 2 heterocycles. The molecular weight excluding hydrogens is 312 g/mol. The quantitative estimate of drug-likeness (QED) is 0.775. The van der Waals surface area contributed by atoms with E-state index in [4.69, 9.17) is 0 Å². The van der Waals surface area contributed by atoms with E-state index in [-0.39, 0.29) is 5.91 Å². The van der Waals surface area contributed by atoms with Gasteiger partial charge in [-0.1, -0.05) is 38.1 Å². The van der Waals surface area contributed by atoms with Crippen LogP contribution >= 0.6 is 0 Å². The van der Waals surface area contributed by atoms with Gasteiger partial charge in [-0.05, 0) is 43.0 Å². The molecule has 1 N–H and O–H groups in total. The number of carbonyl (C=O) groups excluding carboxylic acids is 1. The number of rotatable bonds is 4. The van der Waals surface area contributed by atoms with Gasteiger partial charge in [0.1, 0.15) is 0 Å². The zero-order valence-corrected chi connectivity index (χ0v) is 14.9. The van der Waals surface area contributed by atoms with Crippen molar-refractivity contribution >= 4 is 11.6 Å². The number of hydrogen-bond donors (Lipinski definition) is 1. The number of anilines is 1. The predicted octanol–water partition coefficient (Wildman–Crippen LogP) is 4.26. The summed E-state index contributed by atoms with van der Waals surface area (Å²) >= 11 is 0. The van der Waals surface area contributed by atoms with Gasteiger partial charge in [0.15, 0.2) is 5.82 Å². The zero-order valence-electron chi connectivity index (χ0n) is 14.9. The summed E-state index contributed by atoms with van der Waals surface area (Å²) in [6.07, 6.45) is 3.30. The van der Waals surface area contributed by atoms with Crippen LogP contribution in [0.25, 0.3) is 5.82 Å². The SMILES string of the molecule is Cc1cccc(C(C)C)c1NC(=O)c1cnn(-c2ccccn2)c1C. The Balaban J connectivity index is 1.93. The van der Waals surface area contributed by atoms with Crippen LogP contribution in [0.1, 0.15) is 46.9 Å². The molecule has 2 aromatic heterocycles. The Hall–Kier alpha value is -2.95. The largest absolute Gasteiger partial charge is 0.321 e. The second-order valence-electron chi connectivity index (χ2n) is 6.39. The molecule has 0 aliphatic heterocycles. The molecule has 3 aromatic rings. The number of benzene rings is 1.